The predicted octanol–water partition coefficient (Wildman–Crippen LogP) is 0.335. The summed E-state index contributed by atoms with van der Waals surface area (Å²) in [7, 11) is -3.79. The maximum absolute atomic E-state index is 12.4. The highest BCUT2D eigenvalue weighted by Gasteiger charge is 2.16. The largest absolute Gasteiger partial charge is 0.388 e. The van der Waals surface area contributed by atoms with Gasteiger partial charge in [-0.25, -0.2) is 18.0 Å². The van der Waals surface area contributed by atoms with E-state index in [0.717, 1.165) is 18.2 Å². The quantitative estimate of drug-likeness (QED) is 0.724. The number of aryl methyl sites for hydroxylation is 1. The molecule has 9 heteroatoms. The van der Waals surface area contributed by atoms with Gasteiger partial charge < -0.3 is 10.1 Å². The van der Waals surface area contributed by atoms with Gasteiger partial charge in [0.1, 0.15) is 0 Å². The number of nitrogens with one attached hydrogen (secondary N) is 2. The molecule has 2 rings (SSSR count). The summed E-state index contributed by atoms with van der Waals surface area (Å²) in [4.78, 5) is 28.6. The van der Waals surface area contributed by atoms with Crippen molar-refractivity contribution in [3.05, 3.63) is 44.1 Å². The van der Waals surface area contributed by atoms with Crippen LogP contribution in [0.3, 0.4) is 0 Å². The van der Waals surface area contributed by atoms with Crippen molar-refractivity contribution >= 4 is 20.9 Å². The van der Waals surface area contributed by atoms with Crippen molar-refractivity contribution in [1.82, 2.24) is 9.66 Å². The molecular formula is C14H19N3O5S. The van der Waals surface area contributed by atoms with Crippen LogP contribution < -0.4 is 16.1 Å². The summed E-state index contributed by atoms with van der Waals surface area (Å²) in [6, 6.07) is 3.08. The molecule has 1 atom stereocenters. The van der Waals surface area contributed by atoms with Crippen molar-refractivity contribution in [2.45, 2.75) is 32.8 Å². The molecule has 1 aromatic carbocycles. The van der Waals surface area contributed by atoms with E-state index in [-0.39, 0.29) is 10.9 Å². The second-order valence-corrected chi connectivity index (χ2v) is 7.22. The Balaban J connectivity index is 2.74. The van der Waals surface area contributed by atoms with Crippen molar-refractivity contribution in [3.8, 4) is 0 Å². The van der Waals surface area contributed by atoms with Gasteiger partial charge in [0.15, 0.2) is 0 Å². The zero-order valence-corrected chi connectivity index (χ0v) is 13.9. The number of nitrogens with zero attached hydrogens (tertiary/aromatic N) is 1. The van der Waals surface area contributed by atoms with Crippen molar-refractivity contribution in [3.63, 3.8) is 0 Å². The molecule has 1 aromatic heterocycles. The van der Waals surface area contributed by atoms with Gasteiger partial charge in [0, 0.05) is 0 Å². The molecule has 23 heavy (non-hydrogen) atoms. The molecule has 0 spiro atoms. The van der Waals surface area contributed by atoms with Gasteiger partial charge in [-0.1, -0.05) is 13.3 Å². The van der Waals surface area contributed by atoms with Crippen LogP contribution in [0.5, 0.6) is 0 Å². The Bertz CT molecular complexity index is 959. The molecule has 0 amide bonds. The minimum atomic E-state index is -3.79. The molecule has 0 saturated heterocycles. The van der Waals surface area contributed by atoms with Crippen molar-refractivity contribution < 1.29 is 13.5 Å². The third-order valence-electron chi connectivity index (χ3n) is 3.46. The Labute approximate surface area is 132 Å². The van der Waals surface area contributed by atoms with Gasteiger partial charge in [0.25, 0.3) is 5.56 Å². The summed E-state index contributed by atoms with van der Waals surface area (Å²) in [5.41, 5.74) is -0.0680. The minimum Gasteiger partial charge on any atom is -0.388 e. The zero-order chi connectivity index (χ0) is 17.4. The number of rotatable bonds is 5. The molecule has 0 saturated carbocycles. The van der Waals surface area contributed by atoms with Gasteiger partial charge >= 0.3 is 5.69 Å². The summed E-state index contributed by atoms with van der Waals surface area (Å²) in [5, 5.41) is 10.3. The maximum atomic E-state index is 12.4. The smallest absolute Gasteiger partial charge is 0.348 e. The van der Waals surface area contributed by atoms with E-state index in [1.807, 2.05) is 11.8 Å². The number of aliphatic hydroxyl groups excluding tert-OH is 1. The number of H-pyrrole nitrogens is 1. The number of benzene rings is 1. The molecule has 3 N–H and O–H groups in total. The standard InChI is InChI=1S/C14H19N3O5S/c1-4-5-12(18)9-7-10-11(6-8(9)2)15-14(20)17(13(10)19)16-23(3,21)22/h6-7,12,16,18H,4-5H2,1-3H3,(H,15,20). The molecule has 0 fully saturated rings. The fraction of sp³-hybridized carbons (Fsp3) is 0.429. The second-order valence-electron chi connectivity index (χ2n) is 5.49. The van der Waals surface area contributed by atoms with Crippen LogP contribution >= 0.6 is 0 Å². The molecule has 8 nitrogen and oxygen atoms in total. The van der Waals surface area contributed by atoms with E-state index in [9.17, 15) is 23.1 Å². The molecule has 0 bridgehead atoms. The molecule has 1 unspecified atom stereocenters. The van der Waals surface area contributed by atoms with Crippen LogP contribution in [0.4, 0.5) is 0 Å². The Kier molecular flexibility index (Phi) is 4.62. The minimum absolute atomic E-state index is 0.122. The van der Waals surface area contributed by atoms with E-state index < -0.39 is 27.4 Å². The van der Waals surface area contributed by atoms with Crippen LogP contribution in [-0.2, 0) is 10.0 Å². The van der Waals surface area contributed by atoms with Gasteiger partial charge in [-0.05, 0) is 36.6 Å². The molecule has 0 aliphatic heterocycles. The average molecular weight is 341 g/mol. The summed E-state index contributed by atoms with van der Waals surface area (Å²) in [5.74, 6) is 0. The van der Waals surface area contributed by atoms with E-state index in [0.29, 0.717) is 16.7 Å². The zero-order valence-electron chi connectivity index (χ0n) is 13.1. The van der Waals surface area contributed by atoms with Crippen molar-refractivity contribution in [2.24, 2.45) is 0 Å². The van der Waals surface area contributed by atoms with E-state index in [4.69, 9.17) is 0 Å². The van der Waals surface area contributed by atoms with E-state index in [2.05, 4.69) is 4.98 Å². The molecule has 2 aromatic rings. The fourth-order valence-electron chi connectivity index (χ4n) is 2.43. The SMILES string of the molecule is CCCC(O)c1cc2c(=O)n(NS(C)(=O)=O)c(=O)[nH]c2cc1C. The number of sulfonamides is 1. The van der Waals surface area contributed by atoms with E-state index >= 15 is 0 Å². The Hall–Kier alpha value is -2.13. The topological polar surface area (TPSA) is 121 Å². The first-order chi connectivity index (χ1) is 10.6. The Morgan fingerprint density at radius 1 is 1.35 bits per heavy atom. The van der Waals surface area contributed by atoms with Gasteiger partial charge in [0.2, 0.25) is 10.0 Å². The second kappa shape index (κ2) is 6.17. The van der Waals surface area contributed by atoms with Crippen molar-refractivity contribution in [1.29, 1.82) is 0 Å². The number of aromatic nitrogens is 2. The molecule has 126 valence electrons. The highest BCUT2D eigenvalue weighted by Crippen LogP contribution is 2.24. The maximum Gasteiger partial charge on any atom is 0.348 e. The molecular weight excluding hydrogens is 322 g/mol. The summed E-state index contributed by atoms with van der Waals surface area (Å²) >= 11 is 0. The summed E-state index contributed by atoms with van der Waals surface area (Å²) in [6.45, 7) is 3.70. The van der Waals surface area contributed by atoms with Crippen molar-refractivity contribution in [2.75, 3.05) is 11.1 Å². The third kappa shape index (κ3) is 3.62. The van der Waals surface area contributed by atoms with Crippen LogP contribution in [0.1, 0.15) is 37.0 Å². The number of fused-ring (bicyclic) bond motifs is 1. The lowest BCUT2D eigenvalue weighted by Crippen LogP contribution is -2.43. The summed E-state index contributed by atoms with van der Waals surface area (Å²) < 4.78 is 23.0. The van der Waals surface area contributed by atoms with Crippen LogP contribution in [0, 0.1) is 6.92 Å². The number of aliphatic hydroxyl groups is 1. The van der Waals surface area contributed by atoms with Crippen LogP contribution in [0.2, 0.25) is 0 Å². The molecule has 0 aliphatic rings. The molecule has 0 radical (unpaired) electrons. The third-order valence-corrected chi connectivity index (χ3v) is 3.98. The lowest BCUT2D eigenvalue weighted by atomic mass is 9.98. The first-order valence-electron chi connectivity index (χ1n) is 7.09. The van der Waals surface area contributed by atoms with Gasteiger partial charge in [-0.2, -0.15) is 4.68 Å². The highest BCUT2D eigenvalue weighted by atomic mass is 32.2. The van der Waals surface area contributed by atoms with Crippen LogP contribution in [0.15, 0.2) is 21.7 Å². The number of hydrogen-bond acceptors (Lipinski definition) is 5. The normalized spacial score (nSPS) is 13.2. The van der Waals surface area contributed by atoms with E-state index in [1.54, 1.807) is 13.0 Å². The summed E-state index contributed by atoms with van der Waals surface area (Å²) in [6.07, 6.45) is 1.41. The number of hydrogen-bond donors (Lipinski definition) is 3. The first-order valence-corrected chi connectivity index (χ1v) is 8.98. The fourth-order valence-corrected chi connectivity index (χ4v) is 2.92. The van der Waals surface area contributed by atoms with Crippen LogP contribution in [0.25, 0.3) is 10.9 Å². The van der Waals surface area contributed by atoms with Gasteiger partial charge in [-0.3, -0.25) is 4.79 Å². The lowest BCUT2D eigenvalue weighted by molar-refractivity contribution is 0.166. The Morgan fingerprint density at radius 2 is 2.00 bits per heavy atom. The van der Waals surface area contributed by atoms with Gasteiger partial charge in [-0.15, -0.1) is 0 Å². The van der Waals surface area contributed by atoms with E-state index in [1.165, 1.54) is 6.07 Å². The highest BCUT2D eigenvalue weighted by molar-refractivity contribution is 7.91. The van der Waals surface area contributed by atoms with Crippen LogP contribution in [-0.4, -0.2) is 29.4 Å². The average Bonchev–Trinajstić information content (AvgIpc) is 2.42. The molecule has 1 heterocycles. The van der Waals surface area contributed by atoms with Gasteiger partial charge in [0.05, 0.1) is 23.3 Å². The number of aromatic amines is 1. The first kappa shape index (κ1) is 17.2. The predicted molar refractivity (Wildman–Crippen MR) is 87.6 cm³/mol. The monoisotopic (exact) mass is 341 g/mol. The molecule has 0 aliphatic carbocycles. The Morgan fingerprint density at radius 3 is 2.57 bits per heavy atom. The lowest BCUT2D eigenvalue weighted by Gasteiger charge is -2.14.